The van der Waals surface area contributed by atoms with E-state index in [1.807, 2.05) is 6.07 Å². The van der Waals surface area contributed by atoms with Crippen molar-refractivity contribution in [2.24, 2.45) is 0 Å². The molecule has 0 aliphatic heterocycles. The molecule has 0 spiro atoms. The van der Waals surface area contributed by atoms with Crippen LogP contribution in [0.5, 0.6) is 0 Å². The lowest BCUT2D eigenvalue weighted by Crippen LogP contribution is -2.11. The Balaban J connectivity index is 1.92. The average Bonchev–Trinajstić information content (AvgIpc) is 2.91. The molecule has 3 aromatic rings. The second-order valence-corrected chi connectivity index (χ2v) is 4.52. The smallest absolute Gasteiger partial charge is 0.291 e. The van der Waals surface area contributed by atoms with Crippen LogP contribution in [-0.2, 0) is 0 Å². The van der Waals surface area contributed by atoms with E-state index in [0.29, 0.717) is 22.5 Å². The van der Waals surface area contributed by atoms with E-state index in [0.717, 1.165) is 5.39 Å². The van der Waals surface area contributed by atoms with Gasteiger partial charge in [0.2, 0.25) is 0 Å². The van der Waals surface area contributed by atoms with Crippen LogP contribution in [0, 0.1) is 11.3 Å². The topological polar surface area (TPSA) is 92.0 Å². The molecule has 2 aromatic carbocycles. The van der Waals surface area contributed by atoms with Gasteiger partial charge in [-0.25, -0.2) is 0 Å². The Hall–Kier alpha value is -3.26. The summed E-state index contributed by atoms with van der Waals surface area (Å²) in [6, 6.07) is 15.6. The molecule has 0 fully saturated rings. The molecule has 5 heteroatoms. The van der Waals surface area contributed by atoms with Gasteiger partial charge in [0.05, 0.1) is 11.3 Å². The molecule has 0 atom stereocenters. The number of para-hydroxylation sites is 1. The van der Waals surface area contributed by atoms with Crippen molar-refractivity contribution in [3.63, 3.8) is 0 Å². The van der Waals surface area contributed by atoms with Crippen LogP contribution in [0.4, 0.5) is 11.4 Å². The lowest BCUT2D eigenvalue weighted by molar-refractivity contribution is 0.0998. The maximum absolute atomic E-state index is 12.2. The van der Waals surface area contributed by atoms with Gasteiger partial charge in [0.15, 0.2) is 5.76 Å². The lowest BCUT2D eigenvalue weighted by Gasteiger charge is -2.04. The molecule has 3 N–H and O–H groups in total. The molecule has 0 unspecified atom stereocenters. The number of carbonyl (C=O) groups excluding carboxylic acids is 1. The summed E-state index contributed by atoms with van der Waals surface area (Å²) in [7, 11) is 0. The van der Waals surface area contributed by atoms with Gasteiger partial charge in [-0.3, -0.25) is 4.79 Å². The Kier molecular flexibility index (Phi) is 3.05. The first kappa shape index (κ1) is 12.8. The normalized spacial score (nSPS) is 10.2. The summed E-state index contributed by atoms with van der Waals surface area (Å²) in [6.45, 7) is 0. The number of benzene rings is 2. The van der Waals surface area contributed by atoms with E-state index < -0.39 is 5.91 Å². The number of nitriles is 1. The number of anilines is 2. The summed E-state index contributed by atoms with van der Waals surface area (Å²) in [6.07, 6.45) is 0. The van der Waals surface area contributed by atoms with Crippen molar-refractivity contribution in [2.45, 2.75) is 0 Å². The van der Waals surface area contributed by atoms with Crippen molar-refractivity contribution in [1.82, 2.24) is 0 Å². The monoisotopic (exact) mass is 277 g/mol. The maximum atomic E-state index is 12.2. The molecular formula is C16H11N3O2. The van der Waals surface area contributed by atoms with Crippen molar-refractivity contribution in [3.05, 3.63) is 59.9 Å². The number of nitrogens with zero attached hydrogens (tertiary/aromatic N) is 1. The van der Waals surface area contributed by atoms with Gasteiger partial charge in [-0.2, -0.15) is 5.26 Å². The van der Waals surface area contributed by atoms with Crippen molar-refractivity contribution in [3.8, 4) is 6.07 Å². The Bertz CT molecular complexity index is 875. The van der Waals surface area contributed by atoms with Gasteiger partial charge in [-0.05, 0) is 36.4 Å². The van der Waals surface area contributed by atoms with Gasteiger partial charge in [0, 0.05) is 11.1 Å². The highest BCUT2D eigenvalue weighted by Gasteiger charge is 2.14. The second-order valence-electron chi connectivity index (χ2n) is 4.52. The van der Waals surface area contributed by atoms with Crippen molar-refractivity contribution < 1.29 is 9.21 Å². The van der Waals surface area contributed by atoms with E-state index in [1.165, 1.54) is 0 Å². The number of nitrogen functional groups attached to an aromatic ring is 1. The highest BCUT2D eigenvalue weighted by molar-refractivity contribution is 6.05. The highest BCUT2D eigenvalue weighted by Crippen LogP contribution is 2.23. The van der Waals surface area contributed by atoms with Crippen LogP contribution in [0.15, 0.2) is 52.9 Å². The summed E-state index contributed by atoms with van der Waals surface area (Å²) in [4.78, 5) is 12.2. The van der Waals surface area contributed by atoms with E-state index >= 15 is 0 Å². The van der Waals surface area contributed by atoms with E-state index in [-0.39, 0.29) is 5.76 Å². The molecule has 0 bridgehead atoms. The predicted octanol–water partition coefficient (Wildman–Crippen LogP) is 3.14. The molecule has 102 valence electrons. The molecular weight excluding hydrogens is 266 g/mol. The zero-order chi connectivity index (χ0) is 14.8. The van der Waals surface area contributed by atoms with E-state index in [2.05, 4.69) is 5.32 Å². The van der Waals surface area contributed by atoms with Gasteiger partial charge in [0.1, 0.15) is 11.7 Å². The molecule has 1 amide bonds. The van der Waals surface area contributed by atoms with Crippen LogP contribution < -0.4 is 11.1 Å². The van der Waals surface area contributed by atoms with Gasteiger partial charge in [-0.1, -0.05) is 12.1 Å². The fourth-order valence-electron chi connectivity index (χ4n) is 2.05. The average molecular weight is 277 g/mol. The summed E-state index contributed by atoms with van der Waals surface area (Å²) in [5, 5.41) is 12.4. The molecule has 0 saturated heterocycles. The molecule has 3 rings (SSSR count). The van der Waals surface area contributed by atoms with E-state index in [4.69, 9.17) is 15.4 Å². The van der Waals surface area contributed by atoms with Gasteiger partial charge in [-0.15, -0.1) is 0 Å². The molecule has 0 radical (unpaired) electrons. The van der Waals surface area contributed by atoms with Crippen LogP contribution in [0.1, 0.15) is 16.1 Å². The number of furan rings is 1. The third-order valence-corrected chi connectivity index (χ3v) is 3.06. The quantitative estimate of drug-likeness (QED) is 0.704. The summed E-state index contributed by atoms with van der Waals surface area (Å²) in [5.41, 5.74) is 7.72. The zero-order valence-corrected chi connectivity index (χ0v) is 11.0. The summed E-state index contributed by atoms with van der Waals surface area (Å²) < 4.78 is 5.48. The summed E-state index contributed by atoms with van der Waals surface area (Å²) >= 11 is 0. The Morgan fingerprint density at radius 1 is 1.19 bits per heavy atom. The first-order valence-corrected chi connectivity index (χ1v) is 6.27. The number of rotatable bonds is 2. The third-order valence-electron chi connectivity index (χ3n) is 3.06. The first-order chi connectivity index (χ1) is 10.2. The number of hydrogen-bond acceptors (Lipinski definition) is 4. The highest BCUT2D eigenvalue weighted by atomic mass is 16.3. The largest absolute Gasteiger partial charge is 0.451 e. The van der Waals surface area contributed by atoms with Crippen molar-refractivity contribution in [2.75, 3.05) is 11.1 Å². The Morgan fingerprint density at radius 3 is 2.81 bits per heavy atom. The van der Waals surface area contributed by atoms with Crippen LogP contribution in [0.25, 0.3) is 11.0 Å². The minimum Gasteiger partial charge on any atom is -0.451 e. The van der Waals surface area contributed by atoms with Crippen LogP contribution in [0.2, 0.25) is 0 Å². The van der Waals surface area contributed by atoms with E-state index in [9.17, 15) is 4.79 Å². The number of nitrogens with one attached hydrogen (secondary N) is 1. The minimum atomic E-state index is -0.410. The standard InChI is InChI=1S/C16H11N3O2/c17-9-10-3-1-2-4-13(10)19-16(20)15-8-11-7-12(18)5-6-14(11)21-15/h1-8H,18H2,(H,19,20). The Morgan fingerprint density at radius 2 is 2.00 bits per heavy atom. The fraction of sp³-hybridized carbons (Fsp3) is 0. The fourth-order valence-corrected chi connectivity index (χ4v) is 2.05. The SMILES string of the molecule is N#Cc1ccccc1NC(=O)c1cc2cc(N)ccc2o1. The maximum Gasteiger partial charge on any atom is 0.291 e. The number of hydrogen-bond donors (Lipinski definition) is 2. The van der Waals surface area contributed by atoms with Gasteiger partial charge < -0.3 is 15.5 Å². The molecule has 5 nitrogen and oxygen atoms in total. The van der Waals surface area contributed by atoms with E-state index in [1.54, 1.807) is 48.5 Å². The molecule has 1 aromatic heterocycles. The third kappa shape index (κ3) is 2.42. The van der Waals surface area contributed by atoms with Crippen molar-refractivity contribution >= 4 is 28.3 Å². The second kappa shape index (κ2) is 5.02. The minimum absolute atomic E-state index is 0.170. The van der Waals surface area contributed by atoms with Crippen LogP contribution in [0.3, 0.4) is 0 Å². The molecule has 21 heavy (non-hydrogen) atoms. The van der Waals surface area contributed by atoms with Gasteiger partial charge >= 0.3 is 0 Å². The summed E-state index contributed by atoms with van der Waals surface area (Å²) in [5.74, 6) is -0.240. The molecule has 0 saturated carbocycles. The molecule has 0 aliphatic carbocycles. The number of amides is 1. The zero-order valence-electron chi connectivity index (χ0n) is 11.0. The van der Waals surface area contributed by atoms with Crippen LogP contribution in [-0.4, -0.2) is 5.91 Å². The van der Waals surface area contributed by atoms with Crippen molar-refractivity contribution in [1.29, 1.82) is 5.26 Å². The predicted molar refractivity (Wildman–Crippen MR) is 79.7 cm³/mol. The lowest BCUT2D eigenvalue weighted by atomic mass is 10.2. The molecule has 0 aliphatic rings. The number of nitrogens with two attached hydrogens (primary N) is 1. The first-order valence-electron chi connectivity index (χ1n) is 6.27. The van der Waals surface area contributed by atoms with Gasteiger partial charge in [0.25, 0.3) is 5.91 Å². The number of carbonyl (C=O) groups is 1. The Labute approximate surface area is 120 Å². The van der Waals surface area contributed by atoms with Crippen LogP contribution >= 0.6 is 0 Å². The number of fused-ring (bicyclic) bond motifs is 1. The molecule has 1 heterocycles.